The van der Waals surface area contributed by atoms with Gasteiger partial charge in [0.15, 0.2) is 5.13 Å². The highest BCUT2D eigenvalue weighted by Gasteiger charge is 2.16. The van der Waals surface area contributed by atoms with Crippen LogP contribution in [0.25, 0.3) is 10.2 Å². The molecule has 3 N–H and O–H groups in total. The van der Waals surface area contributed by atoms with Crippen molar-refractivity contribution in [3.63, 3.8) is 0 Å². The molecule has 0 aliphatic rings. The largest absolute Gasteiger partial charge is 0.334 e. The SMILES string of the molecule is Cc1ccc(CNC(=O)Nc2ccc3nc(NS(=O)(=O)c4ccc(C)cc4)sc3c2)cc1. The Bertz CT molecular complexity index is 1360. The van der Waals surface area contributed by atoms with Crippen molar-refractivity contribution < 1.29 is 13.2 Å². The Kier molecular flexibility index (Phi) is 6.11. The van der Waals surface area contributed by atoms with E-state index in [0.717, 1.165) is 21.4 Å². The van der Waals surface area contributed by atoms with Gasteiger partial charge in [-0.05, 0) is 49.7 Å². The molecule has 32 heavy (non-hydrogen) atoms. The number of fused-ring (bicyclic) bond motifs is 1. The van der Waals surface area contributed by atoms with Crippen LogP contribution >= 0.6 is 11.3 Å². The predicted molar refractivity (Wildman–Crippen MR) is 129 cm³/mol. The number of aromatic nitrogens is 1. The first kappa shape index (κ1) is 21.8. The third-order valence-corrected chi connectivity index (χ3v) is 7.19. The molecule has 164 valence electrons. The van der Waals surface area contributed by atoms with Gasteiger partial charge in [0.1, 0.15) is 0 Å². The van der Waals surface area contributed by atoms with Crippen molar-refractivity contribution in [3.05, 3.63) is 83.4 Å². The summed E-state index contributed by atoms with van der Waals surface area (Å²) in [6.07, 6.45) is 0. The minimum absolute atomic E-state index is 0.176. The standard InChI is InChI=1S/C23H22N4O3S2/c1-15-3-7-17(8-4-15)14-24-22(28)25-18-9-12-20-21(13-18)31-23(26-20)27-32(29,30)19-10-5-16(2)6-11-19/h3-13H,14H2,1-2H3,(H,26,27)(H2,24,25,28). The van der Waals surface area contributed by atoms with E-state index in [2.05, 4.69) is 20.3 Å². The number of amides is 2. The van der Waals surface area contributed by atoms with Gasteiger partial charge in [-0.25, -0.2) is 18.2 Å². The Morgan fingerprint density at radius 1 is 0.938 bits per heavy atom. The maximum absolute atomic E-state index is 12.6. The van der Waals surface area contributed by atoms with Crippen LogP contribution in [-0.4, -0.2) is 19.4 Å². The van der Waals surface area contributed by atoms with E-state index in [4.69, 9.17) is 0 Å². The maximum Gasteiger partial charge on any atom is 0.319 e. The third kappa shape index (κ3) is 5.24. The highest BCUT2D eigenvalue weighted by molar-refractivity contribution is 7.93. The number of nitrogens with one attached hydrogen (secondary N) is 3. The fourth-order valence-electron chi connectivity index (χ4n) is 3.00. The molecule has 4 aromatic rings. The second-order valence-corrected chi connectivity index (χ2v) is 10.1. The lowest BCUT2D eigenvalue weighted by atomic mass is 10.1. The molecule has 2 amide bonds. The first-order valence-electron chi connectivity index (χ1n) is 9.89. The first-order valence-corrected chi connectivity index (χ1v) is 12.2. The molecule has 7 nitrogen and oxygen atoms in total. The maximum atomic E-state index is 12.6. The van der Waals surface area contributed by atoms with Crippen LogP contribution in [0.3, 0.4) is 0 Å². The minimum Gasteiger partial charge on any atom is -0.334 e. The van der Waals surface area contributed by atoms with Crippen molar-refractivity contribution in [2.24, 2.45) is 0 Å². The minimum atomic E-state index is -3.73. The molecule has 0 aliphatic heterocycles. The van der Waals surface area contributed by atoms with E-state index in [-0.39, 0.29) is 16.1 Å². The summed E-state index contributed by atoms with van der Waals surface area (Å²) in [7, 11) is -3.73. The number of hydrogen-bond donors (Lipinski definition) is 3. The van der Waals surface area contributed by atoms with Gasteiger partial charge in [-0.15, -0.1) is 0 Å². The van der Waals surface area contributed by atoms with E-state index in [9.17, 15) is 13.2 Å². The highest BCUT2D eigenvalue weighted by atomic mass is 32.2. The molecule has 0 atom stereocenters. The molecule has 1 heterocycles. The highest BCUT2D eigenvalue weighted by Crippen LogP contribution is 2.30. The van der Waals surface area contributed by atoms with E-state index >= 15 is 0 Å². The Morgan fingerprint density at radius 3 is 2.28 bits per heavy atom. The van der Waals surface area contributed by atoms with Gasteiger partial charge in [0.2, 0.25) is 0 Å². The lowest BCUT2D eigenvalue weighted by Gasteiger charge is -2.08. The van der Waals surface area contributed by atoms with E-state index < -0.39 is 10.0 Å². The number of carbonyl (C=O) groups is 1. The summed E-state index contributed by atoms with van der Waals surface area (Å²) in [6, 6.07) is 19.5. The molecule has 1 aromatic heterocycles. The van der Waals surface area contributed by atoms with Crippen LogP contribution in [0.5, 0.6) is 0 Å². The van der Waals surface area contributed by atoms with Crippen molar-refractivity contribution in [2.75, 3.05) is 10.0 Å². The van der Waals surface area contributed by atoms with Gasteiger partial charge >= 0.3 is 6.03 Å². The Labute approximate surface area is 190 Å². The Balaban J connectivity index is 1.42. The Hall–Kier alpha value is -3.43. The zero-order chi connectivity index (χ0) is 22.7. The number of nitrogens with zero attached hydrogens (tertiary/aromatic N) is 1. The monoisotopic (exact) mass is 466 g/mol. The molecule has 0 unspecified atom stereocenters. The van der Waals surface area contributed by atoms with E-state index in [1.165, 1.54) is 11.3 Å². The van der Waals surface area contributed by atoms with Crippen LogP contribution in [0.1, 0.15) is 16.7 Å². The molecule has 0 radical (unpaired) electrons. The Morgan fingerprint density at radius 2 is 1.59 bits per heavy atom. The van der Waals surface area contributed by atoms with Crippen molar-refractivity contribution >= 4 is 48.4 Å². The average molecular weight is 467 g/mol. The molecule has 3 aromatic carbocycles. The number of urea groups is 1. The molecule has 0 saturated carbocycles. The van der Waals surface area contributed by atoms with Crippen LogP contribution in [-0.2, 0) is 16.6 Å². The summed E-state index contributed by atoms with van der Waals surface area (Å²) < 4.78 is 28.5. The number of carbonyl (C=O) groups excluding carboxylic acids is 1. The summed E-state index contributed by atoms with van der Waals surface area (Å²) in [5.41, 5.74) is 4.38. The molecule has 0 fully saturated rings. The number of anilines is 2. The van der Waals surface area contributed by atoms with Crippen molar-refractivity contribution in [1.82, 2.24) is 10.3 Å². The number of benzene rings is 3. The normalized spacial score (nSPS) is 11.3. The summed E-state index contributed by atoms with van der Waals surface area (Å²) in [4.78, 5) is 16.8. The van der Waals surface area contributed by atoms with Crippen LogP contribution in [0.2, 0.25) is 0 Å². The predicted octanol–water partition coefficient (Wildman–Crippen LogP) is 5.04. The number of thiazole rings is 1. The molecule has 0 spiro atoms. The molecule has 4 rings (SSSR count). The molecule has 0 bridgehead atoms. The second-order valence-electron chi connectivity index (χ2n) is 7.41. The molecule has 0 aliphatic carbocycles. The van der Waals surface area contributed by atoms with Gasteiger partial charge < -0.3 is 10.6 Å². The van der Waals surface area contributed by atoms with Gasteiger partial charge in [-0.3, -0.25) is 4.72 Å². The topological polar surface area (TPSA) is 100 Å². The number of hydrogen-bond acceptors (Lipinski definition) is 5. The van der Waals surface area contributed by atoms with Gasteiger partial charge in [0.25, 0.3) is 10.0 Å². The van der Waals surface area contributed by atoms with Gasteiger partial charge in [0, 0.05) is 12.2 Å². The summed E-state index contributed by atoms with van der Waals surface area (Å²) >= 11 is 1.20. The van der Waals surface area contributed by atoms with E-state index in [1.807, 2.05) is 38.1 Å². The summed E-state index contributed by atoms with van der Waals surface area (Å²) in [6.45, 7) is 4.32. The van der Waals surface area contributed by atoms with Crippen LogP contribution in [0.15, 0.2) is 71.6 Å². The average Bonchev–Trinajstić information content (AvgIpc) is 3.14. The van der Waals surface area contributed by atoms with Crippen LogP contribution < -0.4 is 15.4 Å². The first-order chi connectivity index (χ1) is 15.3. The molecule has 9 heteroatoms. The summed E-state index contributed by atoms with van der Waals surface area (Å²) in [5.74, 6) is 0. The lowest BCUT2D eigenvalue weighted by molar-refractivity contribution is 0.251. The third-order valence-electron chi connectivity index (χ3n) is 4.77. The lowest BCUT2D eigenvalue weighted by Crippen LogP contribution is -2.28. The zero-order valence-corrected chi connectivity index (χ0v) is 19.2. The number of sulfonamides is 1. The quantitative estimate of drug-likeness (QED) is 0.371. The van der Waals surface area contributed by atoms with Gasteiger partial charge in [0.05, 0.1) is 15.1 Å². The number of aryl methyl sites for hydroxylation is 2. The van der Waals surface area contributed by atoms with Crippen molar-refractivity contribution in [1.29, 1.82) is 0 Å². The van der Waals surface area contributed by atoms with E-state index in [1.54, 1.807) is 42.5 Å². The van der Waals surface area contributed by atoms with Crippen molar-refractivity contribution in [2.45, 2.75) is 25.3 Å². The molecular formula is C23H22N4O3S2. The van der Waals surface area contributed by atoms with E-state index in [0.29, 0.717) is 17.7 Å². The summed E-state index contributed by atoms with van der Waals surface area (Å²) in [5, 5.41) is 5.88. The van der Waals surface area contributed by atoms with Crippen LogP contribution in [0, 0.1) is 13.8 Å². The fraction of sp³-hybridized carbons (Fsp3) is 0.130. The van der Waals surface area contributed by atoms with Crippen molar-refractivity contribution in [3.8, 4) is 0 Å². The fourth-order valence-corrected chi connectivity index (χ4v) is 5.14. The zero-order valence-electron chi connectivity index (χ0n) is 17.5. The van der Waals surface area contributed by atoms with Crippen LogP contribution in [0.4, 0.5) is 15.6 Å². The van der Waals surface area contributed by atoms with Gasteiger partial charge in [-0.2, -0.15) is 0 Å². The molecule has 0 saturated heterocycles. The number of rotatable bonds is 6. The molecular weight excluding hydrogens is 444 g/mol. The van der Waals surface area contributed by atoms with Gasteiger partial charge in [-0.1, -0.05) is 58.9 Å². The second kappa shape index (κ2) is 8.97. The smallest absolute Gasteiger partial charge is 0.319 e.